The Morgan fingerprint density at radius 1 is 0.946 bits per heavy atom. The van der Waals surface area contributed by atoms with Gasteiger partial charge in [0.05, 0.1) is 44.7 Å². The van der Waals surface area contributed by atoms with Crippen molar-refractivity contribution in [3.63, 3.8) is 0 Å². The molecule has 2 amide bonds. The first-order valence-corrected chi connectivity index (χ1v) is 18.8. The lowest BCUT2D eigenvalue weighted by molar-refractivity contribution is -0.146. The van der Waals surface area contributed by atoms with Gasteiger partial charge in [-0.05, 0) is 72.6 Å². The first-order valence-electron chi connectivity index (χ1n) is 18.8. The van der Waals surface area contributed by atoms with Crippen LogP contribution < -0.4 is 20.1 Å². The van der Waals surface area contributed by atoms with Gasteiger partial charge in [0.25, 0.3) is 0 Å². The Morgan fingerprint density at radius 2 is 1.68 bits per heavy atom. The highest BCUT2D eigenvalue weighted by Gasteiger charge is 2.38. The zero-order valence-corrected chi connectivity index (χ0v) is 32.8. The number of esters is 1. The van der Waals surface area contributed by atoms with Crippen molar-refractivity contribution in [3.05, 3.63) is 113 Å². The van der Waals surface area contributed by atoms with Crippen LogP contribution in [0.3, 0.4) is 0 Å². The Morgan fingerprint density at radius 3 is 2.32 bits per heavy atom. The molecule has 2 heterocycles. The number of nitrogens with zero attached hydrogens (tertiary/aromatic N) is 1. The van der Waals surface area contributed by atoms with Crippen molar-refractivity contribution in [2.24, 2.45) is 17.3 Å². The second kappa shape index (κ2) is 18.5. The molecule has 3 aromatic carbocycles. The quantitative estimate of drug-likeness (QED) is 0.112. The molecule has 1 aliphatic heterocycles. The van der Waals surface area contributed by atoms with Crippen molar-refractivity contribution >= 4 is 17.8 Å². The van der Waals surface area contributed by atoms with Crippen LogP contribution in [0.4, 0.5) is 4.39 Å². The number of benzene rings is 3. The Hall–Kier alpha value is -5.33. The highest BCUT2D eigenvalue weighted by atomic mass is 19.1. The molecule has 0 unspecified atom stereocenters. The third-order valence-electron chi connectivity index (χ3n) is 10.3. The number of pyridine rings is 1. The van der Waals surface area contributed by atoms with E-state index in [9.17, 15) is 29.0 Å². The van der Waals surface area contributed by atoms with E-state index < -0.39 is 65.1 Å². The zero-order chi connectivity index (χ0) is 40.6. The van der Waals surface area contributed by atoms with Gasteiger partial charge in [-0.15, -0.1) is 0 Å². The molecule has 0 saturated carbocycles. The van der Waals surface area contributed by atoms with Gasteiger partial charge in [-0.2, -0.15) is 0 Å². The maximum atomic E-state index is 14.4. The molecule has 4 aromatic rings. The molecular formula is C44H52FN3O8. The number of methoxy groups -OCH3 is 2. The number of nitrogens with one attached hydrogen (secondary N) is 2. The van der Waals surface area contributed by atoms with Crippen LogP contribution in [-0.2, 0) is 32.0 Å². The predicted octanol–water partition coefficient (Wildman–Crippen LogP) is 5.68. The van der Waals surface area contributed by atoms with E-state index in [4.69, 9.17) is 14.2 Å². The number of fused-ring (bicyclic) bond motifs is 1. The number of aryl methyl sites for hydroxylation is 1. The van der Waals surface area contributed by atoms with Crippen LogP contribution in [-0.4, -0.2) is 72.1 Å². The molecule has 4 N–H and O–H groups in total. The summed E-state index contributed by atoms with van der Waals surface area (Å²) in [4.78, 5) is 45.0. The van der Waals surface area contributed by atoms with Gasteiger partial charge in [-0.25, -0.2) is 9.37 Å². The van der Waals surface area contributed by atoms with E-state index in [1.165, 1.54) is 25.3 Å². The number of amides is 2. The molecule has 0 aliphatic carbocycles. The topological polar surface area (TPSA) is 156 Å². The minimum Gasteiger partial charge on any atom is -0.490 e. The Labute approximate surface area is 327 Å². The third kappa shape index (κ3) is 10.9. The number of hydrogen-bond acceptors (Lipinski definition) is 9. The second-order valence-electron chi connectivity index (χ2n) is 15.5. The number of carbonyl (C=O) groups excluding carboxylic acids is 3. The third-order valence-corrected chi connectivity index (χ3v) is 10.3. The molecule has 56 heavy (non-hydrogen) atoms. The van der Waals surface area contributed by atoms with Gasteiger partial charge >= 0.3 is 5.97 Å². The fourth-order valence-electron chi connectivity index (χ4n) is 7.05. The van der Waals surface area contributed by atoms with E-state index in [1.54, 1.807) is 19.4 Å². The van der Waals surface area contributed by atoms with Crippen LogP contribution in [0.2, 0.25) is 0 Å². The fraction of sp³-hybridized carbons (Fsp3) is 0.409. The summed E-state index contributed by atoms with van der Waals surface area (Å²) in [5.41, 5.74) is 4.12. The van der Waals surface area contributed by atoms with Gasteiger partial charge in [-0.1, -0.05) is 74.9 Å². The summed E-state index contributed by atoms with van der Waals surface area (Å²) < 4.78 is 30.0. The molecule has 0 saturated heterocycles. The van der Waals surface area contributed by atoms with E-state index in [2.05, 4.69) is 15.6 Å². The summed E-state index contributed by atoms with van der Waals surface area (Å²) in [6.07, 6.45) is -0.480. The SMILES string of the molecule is COC(=O)C[C@H](C(=O)N[C@@H](Cc1ccc(-c2ccc(OC)nc2)cc1)[C@@H](O)C[C@@H](Cc1cccc(C)c1)C(=O)N[C@H]1c2cc(F)ccc2OC[C@H]1O)C(C)(C)C. The predicted molar refractivity (Wildman–Crippen MR) is 209 cm³/mol. The monoisotopic (exact) mass is 769 g/mol. The van der Waals surface area contributed by atoms with E-state index in [1.807, 2.05) is 82.3 Å². The lowest BCUT2D eigenvalue weighted by Crippen LogP contribution is -2.51. The molecule has 1 aromatic heterocycles. The molecule has 0 radical (unpaired) electrons. The summed E-state index contributed by atoms with van der Waals surface area (Å²) in [5.74, 6) is -2.74. The average Bonchev–Trinajstić information content (AvgIpc) is 3.17. The number of rotatable bonds is 15. The Balaban J connectivity index is 1.45. The molecule has 0 spiro atoms. The first-order chi connectivity index (χ1) is 26.6. The van der Waals surface area contributed by atoms with Gasteiger partial charge in [-0.3, -0.25) is 14.4 Å². The number of aliphatic hydroxyl groups excluding tert-OH is 2. The van der Waals surface area contributed by atoms with Gasteiger partial charge in [0, 0.05) is 29.3 Å². The number of ether oxygens (including phenoxy) is 3. The highest BCUT2D eigenvalue weighted by Crippen LogP contribution is 2.34. The highest BCUT2D eigenvalue weighted by molar-refractivity contribution is 5.85. The van der Waals surface area contributed by atoms with Crippen molar-refractivity contribution in [2.75, 3.05) is 20.8 Å². The van der Waals surface area contributed by atoms with Crippen molar-refractivity contribution < 1.29 is 43.2 Å². The van der Waals surface area contributed by atoms with E-state index >= 15 is 0 Å². The average molecular weight is 770 g/mol. The molecule has 1 aliphatic rings. The molecule has 6 atom stereocenters. The van der Waals surface area contributed by atoms with Crippen LogP contribution in [0.25, 0.3) is 11.1 Å². The van der Waals surface area contributed by atoms with E-state index in [0.717, 1.165) is 27.8 Å². The zero-order valence-electron chi connectivity index (χ0n) is 32.8. The van der Waals surface area contributed by atoms with Crippen LogP contribution in [0.1, 0.15) is 61.9 Å². The normalized spacial score (nSPS) is 17.3. The lowest BCUT2D eigenvalue weighted by atomic mass is 9.77. The molecule has 0 fully saturated rings. The molecule has 11 nitrogen and oxygen atoms in total. The number of aliphatic hydroxyl groups is 2. The summed E-state index contributed by atoms with van der Waals surface area (Å²) in [5, 5.41) is 29.0. The number of halogens is 1. The Bertz CT molecular complexity index is 1960. The summed E-state index contributed by atoms with van der Waals surface area (Å²) >= 11 is 0. The number of carbonyl (C=O) groups is 3. The molecular weight excluding hydrogens is 717 g/mol. The smallest absolute Gasteiger partial charge is 0.306 e. The molecule has 0 bridgehead atoms. The maximum Gasteiger partial charge on any atom is 0.306 e. The van der Waals surface area contributed by atoms with Crippen molar-refractivity contribution in [1.82, 2.24) is 15.6 Å². The van der Waals surface area contributed by atoms with Gasteiger partial charge < -0.3 is 35.1 Å². The van der Waals surface area contributed by atoms with Gasteiger partial charge in [0.2, 0.25) is 17.7 Å². The maximum absolute atomic E-state index is 14.4. The van der Waals surface area contributed by atoms with Crippen molar-refractivity contribution in [2.45, 2.75) is 77.7 Å². The minimum absolute atomic E-state index is 0.0766. The van der Waals surface area contributed by atoms with Gasteiger partial charge in [0.1, 0.15) is 24.3 Å². The van der Waals surface area contributed by atoms with E-state index in [0.29, 0.717) is 17.2 Å². The van der Waals surface area contributed by atoms with Crippen LogP contribution in [0.15, 0.2) is 85.1 Å². The van der Waals surface area contributed by atoms with Gasteiger partial charge in [0.15, 0.2) is 0 Å². The van der Waals surface area contributed by atoms with Crippen molar-refractivity contribution in [3.8, 4) is 22.8 Å². The molecule has 5 rings (SSSR count). The number of hydrogen-bond donors (Lipinski definition) is 4. The fourth-order valence-corrected chi connectivity index (χ4v) is 7.05. The van der Waals surface area contributed by atoms with Crippen molar-refractivity contribution in [1.29, 1.82) is 0 Å². The minimum atomic E-state index is -1.24. The largest absolute Gasteiger partial charge is 0.490 e. The first kappa shape index (κ1) is 41.8. The summed E-state index contributed by atoms with van der Waals surface area (Å²) in [6, 6.07) is 21.1. The van der Waals surface area contributed by atoms with Crippen LogP contribution in [0.5, 0.6) is 11.6 Å². The number of aromatic nitrogens is 1. The Kier molecular flexibility index (Phi) is 13.8. The van der Waals surface area contributed by atoms with Crippen LogP contribution >= 0.6 is 0 Å². The summed E-state index contributed by atoms with van der Waals surface area (Å²) in [7, 11) is 2.82. The second-order valence-corrected chi connectivity index (χ2v) is 15.5. The molecule has 298 valence electrons. The van der Waals surface area contributed by atoms with Crippen LogP contribution in [0, 0.1) is 30.0 Å². The molecule has 12 heteroatoms. The van der Waals surface area contributed by atoms with E-state index in [-0.39, 0.29) is 32.3 Å². The lowest BCUT2D eigenvalue weighted by Gasteiger charge is -2.34. The summed E-state index contributed by atoms with van der Waals surface area (Å²) in [6.45, 7) is 7.41. The standard InChI is InChI=1S/C44H52FN3O8/c1-26-8-7-9-28(18-26)19-31(42(52)48-41-33-22-32(45)15-16-38(33)56-25-37(41)50)21-36(49)35(47-43(53)34(44(2,3)4)23-40(51)55-6)20-27-10-12-29(13-11-27)30-14-17-39(54-5)46-24-30/h7-18,22,24,31,34-37,41,49-50H,19-21,23,25H2,1-6H3,(H,47,53)(H,48,52)/t31-,34-,35+,36+,37-,41+/m1/s1.